The molecule has 0 bridgehead atoms. The van der Waals surface area contributed by atoms with E-state index in [9.17, 15) is 10.1 Å². The Balaban J connectivity index is 1.93. The van der Waals surface area contributed by atoms with Gasteiger partial charge in [-0.25, -0.2) is 10.1 Å². The van der Waals surface area contributed by atoms with Gasteiger partial charge in [-0.15, -0.1) is 0 Å². The maximum Gasteiger partial charge on any atom is 0.271 e. The summed E-state index contributed by atoms with van der Waals surface area (Å²) < 4.78 is 0. The second-order valence-electron chi connectivity index (χ2n) is 3.84. The highest BCUT2D eigenvalue weighted by atomic mass is 16.7. The van der Waals surface area contributed by atoms with Gasteiger partial charge in [-0.05, 0) is 18.8 Å². The van der Waals surface area contributed by atoms with Gasteiger partial charge < -0.3 is 10.2 Å². The van der Waals surface area contributed by atoms with Gasteiger partial charge >= 0.3 is 0 Å². The fourth-order valence-corrected chi connectivity index (χ4v) is 2.01. The number of rotatable bonds is 3. The van der Waals surface area contributed by atoms with Gasteiger partial charge in [0.05, 0.1) is 0 Å². The molecule has 2 rings (SSSR count). The summed E-state index contributed by atoms with van der Waals surface area (Å²) in [6.45, 7) is 2.41. The molecule has 0 aromatic rings. The SMILES string of the molecule is O=[N+]([O-])/N=C1\NCCN1CC1CC=CC1. The molecular formula is C9H14N4O2. The van der Waals surface area contributed by atoms with Crippen LogP contribution in [-0.2, 0) is 0 Å². The summed E-state index contributed by atoms with van der Waals surface area (Å²) in [4.78, 5) is 12.2. The van der Waals surface area contributed by atoms with E-state index in [1.165, 1.54) is 0 Å². The van der Waals surface area contributed by atoms with Crippen LogP contribution in [-0.4, -0.2) is 35.5 Å². The number of hydrazone groups is 1. The molecule has 2 aliphatic rings. The standard InChI is InChI=1S/C9H14N4O2/c14-13(15)11-9-10-5-6-12(9)7-8-3-1-2-4-8/h1-2,8H,3-7H2,(H,10,11). The smallest absolute Gasteiger partial charge is 0.271 e. The lowest BCUT2D eigenvalue weighted by Gasteiger charge is -2.19. The molecule has 1 aliphatic carbocycles. The molecule has 82 valence electrons. The van der Waals surface area contributed by atoms with E-state index < -0.39 is 5.03 Å². The van der Waals surface area contributed by atoms with Gasteiger partial charge in [-0.2, -0.15) is 0 Å². The van der Waals surface area contributed by atoms with Crippen molar-refractivity contribution < 1.29 is 5.03 Å². The molecule has 0 saturated carbocycles. The minimum Gasteiger partial charge on any atom is -0.349 e. The normalized spacial score (nSPS) is 23.7. The molecule has 1 heterocycles. The van der Waals surface area contributed by atoms with Gasteiger partial charge in [0, 0.05) is 19.6 Å². The third kappa shape index (κ3) is 2.45. The highest BCUT2D eigenvalue weighted by Crippen LogP contribution is 2.19. The molecule has 0 spiro atoms. The van der Waals surface area contributed by atoms with Crippen molar-refractivity contribution >= 4 is 5.96 Å². The fraction of sp³-hybridized carbons (Fsp3) is 0.667. The minimum atomic E-state index is -0.645. The molecule has 0 radical (unpaired) electrons. The van der Waals surface area contributed by atoms with Crippen LogP contribution in [0.25, 0.3) is 0 Å². The highest BCUT2D eigenvalue weighted by Gasteiger charge is 2.24. The van der Waals surface area contributed by atoms with Crippen LogP contribution in [0.3, 0.4) is 0 Å². The van der Waals surface area contributed by atoms with E-state index in [1.807, 2.05) is 4.90 Å². The van der Waals surface area contributed by atoms with Gasteiger partial charge in [-0.3, -0.25) is 0 Å². The maximum absolute atomic E-state index is 10.3. The third-order valence-corrected chi connectivity index (χ3v) is 2.72. The van der Waals surface area contributed by atoms with E-state index in [1.54, 1.807) is 0 Å². The summed E-state index contributed by atoms with van der Waals surface area (Å²) in [6.07, 6.45) is 6.47. The predicted octanol–water partition coefficient (Wildman–Crippen LogP) is 0.405. The Hall–Kier alpha value is -1.59. The van der Waals surface area contributed by atoms with Crippen molar-refractivity contribution in [3.8, 4) is 0 Å². The zero-order valence-electron chi connectivity index (χ0n) is 8.43. The van der Waals surface area contributed by atoms with Gasteiger partial charge in [-0.1, -0.05) is 12.2 Å². The second kappa shape index (κ2) is 4.29. The first kappa shape index (κ1) is 9.95. The predicted molar refractivity (Wildman–Crippen MR) is 55.9 cm³/mol. The van der Waals surface area contributed by atoms with Crippen LogP contribution in [0.1, 0.15) is 12.8 Å². The second-order valence-corrected chi connectivity index (χ2v) is 3.84. The molecule has 0 amide bonds. The first-order valence-electron chi connectivity index (χ1n) is 5.12. The van der Waals surface area contributed by atoms with Crippen molar-refractivity contribution in [3.63, 3.8) is 0 Å². The highest BCUT2D eigenvalue weighted by molar-refractivity contribution is 5.81. The number of nitro groups is 1. The van der Waals surface area contributed by atoms with Crippen LogP contribution in [0.15, 0.2) is 17.3 Å². The Morgan fingerprint density at radius 2 is 2.33 bits per heavy atom. The molecule has 1 N–H and O–H groups in total. The van der Waals surface area contributed by atoms with Crippen LogP contribution in [0.4, 0.5) is 0 Å². The van der Waals surface area contributed by atoms with Crippen LogP contribution in [0.5, 0.6) is 0 Å². The molecule has 6 nitrogen and oxygen atoms in total. The lowest BCUT2D eigenvalue weighted by Crippen LogP contribution is -2.34. The summed E-state index contributed by atoms with van der Waals surface area (Å²) in [5.41, 5.74) is 0. The molecule has 0 aromatic carbocycles. The third-order valence-electron chi connectivity index (χ3n) is 2.72. The Morgan fingerprint density at radius 1 is 1.60 bits per heavy atom. The van der Waals surface area contributed by atoms with Crippen molar-refractivity contribution in [1.29, 1.82) is 0 Å². The van der Waals surface area contributed by atoms with Gasteiger partial charge in [0.2, 0.25) is 0 Å². The van der Waals surface area contributed by atoms with E-state index >= 15 is 0 Å². The van der Waals surface area contributed by atoms with E-state index in [2.05, 4.69) is 22.6 Å². The number of hydrogen-bond acceptors (Lipinski definition) is 2. The molecule has 0 atom stereocenters. The number of allylic oxidation sites excluding steroid dienone is 2. The molecule has 1 fully saturated rings. The zero-order valence-corrected chi connectivity index (χ0v) is 8.43. The average molecular weight is 210 g/mol. The maximum atomic E-state index is 10.3. The molecular weight excluding hydrogens is 196 g/mol. The largest absolute Gasteiger partial charge is 0.349 e. The first-order valence-corrected chi connectivity index (χ1v) is 5.12. The fourth-order valence-electron chi connectivity index (χ4n) is 2.01. The van der Waals surface area contributed by atoms with Crippen molar-refractivity contribution in [2.75, 3.05) is 19.6 Å². The Morgan fingerprint density at radius 3 is 3.00 bits per heavy atom. The summed E-state index contributed by atoms with van der Waals surface area (Å²) in [7, 11) is 0. The van der Waals surface area contributed by atoms with Crippen molar-refractivity contribution in [2.24, 2.45) is 11.0 Å². The van der Waals surface area contributed by atoms with Crippen LogP contribution in [0, 0.1) is 16.0 Å². The monoisotopic (exact) mass is 210 g/mol. The zero-order chi connectivity index (χ0) is 10.7. The molecule has 0 unspecified atom stereocenters. The first-order chi connectivity index (χ1) is 7.25. The number of hydrogen-bond donors (Lipinski definition) is 1. The molecule has 15 heavy (non-hydrogen) atoms. The Labute approximate surface area is 87.8 Å². The van der Waals surface area contributed by atoms with Crippen LogP contribution < -0.4 is 5.32 Å². The quantitative estimate of drug-likeness (QED) is 0.416. The summed E-state index contributed by atoms with van der Waals surface area (Å²) in [5, 5.41) is 15.9. The summed E-state index contributed by atoms with van der Waals surface area (Å²) in [5.74, 6) is 0.994. The van der Waals surface area contributed by atoms with Gasteiger partial charge in [0.15, 0.2) is 5.03 Å². The van der Waals surface area contributed by atoms with E-state index in [0.29, 0.717) is 11.9 Å². The number of nitrogens with zero attached hydrogens (tertiary/aromatic N) is 3. The Kier molecular flexibility index (Phi) is 2.84. The average Bonchev–Trinajstić information content (AvgIpc) is 2.78. The molecule has 0 aromatic heterocycles. The van der Waals surface area contributed by atoms with Gasteiger partial charge in [0.25, 0.3) is 5.96 Å². The molecule has 1 aliphatic heterocycles. The van der Waals surface area contributed by atoms with Crippen molar-refractivity contribution in [2.45, 2.75) is 12.8 Å². The summed E-state index contributed by atoms with van der Waals surface area (Å²) >= 11 is 0. The minimum absolute atomic E-state index is 0.409. The number of guanidine groups is 1. The van der Waals surface area contributed by atoms with Gasteiger partial charge in [0.1, 0.15) is 5.10 Å². The lowest BCUT2D eigenvalue weighted by atomic mass is 10.1. The summed E-state index contributed by atoms with van der Waals surface area (Å²) in [6, 6.07) is 0. The van der Waals surface area contributed by atoms with E-state index in [0.717, 1.165) is 32.5 Å². The van der Waals surface area contributed by atoms with Crippen LogP contribution in [0.2, 0.25) is 0 Å². The lowest BCUT2D eigenvalue weighted by molar-refractivity contribution is -0.485. The van der Waals surface area contributed by atoms with E-state index in [-0.39, 0.29) is 0 Å². The van der Waals surface area contributed by atoms with Crippen molar-refractivity contribution in [3.05, 3.63) is 22.3 Å². The van der Waals surface area contributed by atoms with E-state index in [4.69, 9.17) is 0 Å². The van der Waals surface area contributed by atoms with Crippen molar-refractivity contribution in [1.82, 2.24) is 10.2 Å². The number of nitrogens with one attached hydrogen (secondary N) is 1. The Bertz CT molecular complexity index is 305. The molecule has 1 saturated heterocycles. The molecule has 6 heteroatoms. The van der Waals surface area contributed by atoms with Crippen LogP contribution >= 0.6 is 0 Å². The topological polar surface area (TPSA) is 70.8 Å².